The fourth-order valence-corrected chi connectivity index (χ4v) is 4.21. The van der Waals surface area contributed by atoms with Gasteiger partial charge in [0.15, 0.2) is 0 Å². The molecule has 0 aromatic heterocycles. The molecule has 1 aliphatic heterocycles. The summed E-state index contributed by atoms with van der Waals surface area (Å²) in [5, 5.41) is 19.0. The van der Waals surface area contributed by atoms with Gasteiger partial charge >= 0.3 is 0 Å². The lowest BCUT2D eigenvalue weighted by Gasteiger charge is -2.49. The van der Waals surface area contributed by atoms with Gasteiger partial charge in [0, 0.05) is 18.2 Å². The van der Waals surface area contributed by atoms with E-state index in [0.717, 1.165) is 32.1 Å². The first-order valence-corrected chi connectivity index (χ1v) is 9.90. The highest BCUT2D eigenvalue weighted by molar-refractivity contribution is 5.53. The van der Waals surface area contributed by atoms with Crippen molar-refractivity contribution in [1.82, 2.24) is 0 Å². The largest absolute Gasteiger partial charge is 0.350 e. The van der Waals surface area contributed by atoms with E-state index in [9.17, 15) is 5.26 Å². The van der Waals surface area contributed by atoms with Crippen LogP contribution in [0.2, 0.25) is 0 Å². The zero-order valence-electron chi connectivity index (χ0n) is 15.6. The molecule has 1 aliphatic rings. The molecule has 0 radical (unpaired) electrons. The van der Waals surface area contributed by atoms with Gasteiger partial charge < -0.3 is 4.90 Å². The second kappa shape index (κ2) is 10.1. The molecule has 0 saturated carbocycles. The summed E-state index contributed by atoms with van der Waals surface area (Å²) in [7, 11) is 0. The van der Waals surface area contributed by atoms with Crippen LogP contribution >= 0.6 is 0 Å². The van der Waals surface area contributed by atoms with Crippen LogP contribution in [-0.4, -0.2) is 11.6 Å². The highest BCUT2D eigenvalue weighted by Crippen LogP contribution is 2.41. The Morgan fingerprint density at radius 3 is 2.60 bits per heavy atom. The minimum atomic E-state index is -0.411. The summed E-state index contributed by atoms with van der Waals surface area (Å²) in [6, 6.07) is 15.9. The third kappa shape index (κ3) is 4.99. The van der Waals surface area contributed by atoms with Gasteiger partial charge in [0.25, 0.3) is 0 Å². The molecule has 0 bridgehead atoms. The molecule has 1 aromatic carbocycles. The van der Waals surface area contributed by atoms with E-state index in [4.69, 9.17) is 5.26 Å². The first kappa shape index (κ1) is 19.3. The normalized spacial score (nSPS) is 23.0. The third-order valence-electron chi connectivity index (χ3n) is 5.47. The van der Waals surface area contributed by atoms with E-state index >= 15 is 0 Å². The molecule has 25 heavy (non-hydrogen) atoms. The zero-order chi connectivity index (χ0) is 18.0. The van der Waals surface area contributed by atoms with Crippen molar-refractivity contribution in [1.29, 1.82) is 10.5 Å². The summed E-state index contributed by atoms with van der Waals surface area (Å²) in [4.78, 5) is 2.44. The molecule has 2 atom stereocenters. The van der Waals surface area contributed by atoms with Crippen molar-refractivity contribution in [2.24, 2.45) is 0 Å². The van der Waals surface area contributed by atoms with E-state index in [0.29, 0.717) is 12.5 Å². The number of nitriles is 2. The first-order valence-electron chi connectivity index (χ1n) is 9.90. The van der Waals surface area contributed by atoms with Crippen LogP contribution in [0.15, 0.2) is 30.3 Å². The summed E-state index contributed by atoms with van der Waals surface area (Å²) in [5.41, 5.74) is 0.775. The fourth-order valence-electron chi connectivity index (χ4n) is 4.21. The highest BCUT2D eigenvalue weighted by atomic mass is 15.2. The minimum Gasteiger partial charge on any atom is -0.350 e. The number of unbranched alkanes of at least 4 members (excludes halogenated alkanes) is 4. The van der Waals surface area contributed by atoms with Gasteiger partial charge in [-0.05, 0) is 57.1 Å². The van der Waals surface area contributed by atoms with Crippen molar-refractivity contribution >= 4 is 5.69 Å². The van der Waals surface area contributed by atoms with Crippen molar-refractivity contribution in [2.45, 2.75) is 89.1 Å². The summed E-state index contributed by atoms with van der Waals surface area (Å²) < 4.78 is 0. The molecule has 2 rings (SSSR count). The smallest absolute Gasteiger partial charge is 0.128 e. The Labute approximate surface area is 153 Å². The molecule has 0 unspecified atom stereocenters. The summed E-state index contributed by atoms with van der Waals surface area (Å²) in [5.74, 6) is 0. The number of hydrogen-bond acceptors (Lipinski definition) is 3. The van der Waals surface area contributed by atoms with Gasteiger partial charge in [-0.25, -0.2) is 0 Å². The van der Waals surface area contributed by atoms with Crippen LogP contribution in [-0.2, 0) is 0 Å². The van der Waals surface area contributed by atoms with Crippen LogP contribution in [0.4, 0.5) is 5.69 Å². The van der Waals surface area contributed by atoms with E-state index < -0.39 is 5.54 Å². The Morgan fingerprint density at radius 2 is 1.92 bits per heavy atom. The Balaban J connectivity index is 2.24. The van der Waals surface area contributed by atoms with Gasteiger partial charge in [-0.2, -0.15) is 10.5 Å². The maximum atomic E-state index is 10.2. The molecule has 1 aromatic rings. The number of hydrogen-bond donors (Lipinski definition) is 0. The van der Waals surface area contributed by atoms with Crippen molar-refractivity contribution < 1.29 is 0 Å². The number of anilines is 1. The van der Waals surface area contributed by atoms with Gasteiger partial charge in [0.05, 0.1) is 12.1 Å². The zero-order valence-corrected chi connectivity index (χ0v) is 15.6. The van der Waals surface area contributed by atoms with Crippen LogP contribution in [0, 0.1) is 22.7 Å². The topological polar surface area (TPSA) is 50.8 Å². The Kier molecular flexibility index (Phi) is 7.80. The molecule has 1 fully saturated rings. The van der Waals surface area contributed by atoms with Gasteiger partial charge in [-0.15, -0.1) is 0 Å². The first-order chi connectivity index (χ1) is 12.3. The van der Waals surface area contributed by atoms with Crippen LogP contribution < -0.4 is 4.90 Å². The lowest BCUT2D eigenvalue weighted by molar-refractivity contribution is 0.286. The molecule has 3 nitrogen and oxygen atoms in total. The van der Waals surface area contributed by atoms with Gasteiger partial charge in [-0.1, -0.05) is 44.4 Å². The maximum Gasteiger partial charge on any atom is 0.128 e. The summed E-state index contributed by atoms with van der Waals surface area (Å²) in [6.07, 6.45) is 11.5. The third-order valence-corrected chi connectivity index (χ3v) is 5.47. The molecule has 1 saturated heterocycles. The predicted molar refractivity (Wildman–Crippen MR) is 103 cm³/mol. The van der Waals surface area contributed by atoms with Crippen molar-refractivity contribution in [2.75, 3.05) is 4.90 Å². The summed E-state index contributed by atoms with van der Waals surface area (Å²) in [6.45, 7) is 2.24. The number of para-hydroxylation sites is 1. The average Bonchev–Trinajstić information content (AvgIpc) is 2.66. The van der Waals surface area contributed by atoms with E-state index in [-0.39, 0.29) is 0 Å². The SMILES string of the molecule is CCCCC[C@@H]1CCC[C@](C#N)(CCCCC#N)N1c1ccccc1. The quantitative estimate of drug-likeness (QED) is 0.521. The van der Waals surface area contributed by atoms with E-state index in [2.05, 4.69) is 48.2 Å². The Bertz CT molecular complexity index is 584. The van der Waals surface area contributed by atoms with Crippen LogP contribution in [0.25, 0.3) is 0 Å². The molecule has 0 N–H and O–H groups in total. The van der Waals surface area contributed by atoms with E-state index in [1.165, 1.54) is 37.8 Å². The monoisotopic (exact) mass is 337 g/mol. The lowest BCUT2D eigenvalue weighted by atomic mass is 9.79. The van der Waals surface area contributed by atoms with Crippen molar-refractivity contribution in [3.05, 3.63) is 30.3 Å². The number of nitrogens with zero attached hydrogens (tertiary/aromatic N) is 3. The Hall–Kier alpha value is -2.00. The lowest BCUT2D eigenvalue weighted by Crippen LogP contribution is -2.56. The van der Waals surface area contributed by atoms with E-state index in [1.807, 2.05) is 6.07 Å². The van der Waals surface area contributed by atoms with Crippen LogP contribution in [0.3, 0.4) is 0 Å². The minimum absolute atomic E-state index is 0.411. The molecule has 0 spiro atoms. The standard InChI is InChI=1S/C22H31N3/c1-2-3-6-12-21-15-11-17-22(19-24,16-9-5-10-18-23)25(21)20-13-7-4-8-14-20/h4,7-8,13-14,21H,2-3,5-6,9-12,15-17H2,1H3/t21-,22+/m1/s1. The molecule has 3 heteroatoms. The number of rotatable bonds is 9. The second-order valence-electron chi connectivity index (χ2n) is 7.26. The second-order valence-corrected chi connectivity index (χ2v) is 7.26. The number of benzene rings is 1. The number of piperidine rings is 1. The molecule has 0 aliphatic carbocycles. The van der Waals surface area contributed by atoms with Crippen molar-refractivity contribution in [3.63, 3.8) is 0 Å². The highest BCUT2D eigenvalue weighted by Gasteiger charge is 2.43. The van der Waals surface area contributed by atoms with Gasteiger partial charge in [0.1, 0.15) is 5.54 Å². The van der Waals surface area contributed by atoms with Gasteiger partial charge in [0.2, 0.25) is 0 Å². The maximum absolute atomic E-state index is 10.2. The average molecular weight is 338 g/mol. The molecular formula is C22H31N3. The van der Waals surface area contributed by atoms with Crippen LogP contribution in [0.5, 0.6) is 0 Å². The van der Waals surface area contributed by atoms with Crippen molar-refractivity contribution in [3.8, 4) is 12.1 Å². The van der Waals surface area contributed by atoms with Crippen LogP contribution in [0.1, 0.15) is 77.6 Å². The molecular weight excluding hydrogens is 306 g/mol. The van der Waals surface area contributed by atoms with Gasteiger partial charge in [-0.3, -0.25) is 0 Å². The van der Waals surface area contributed by atoms with E-state index in [1.54, 1.807) is 0 Å². The predicted octanol–water partition coefficient (Wildman–Crippen LogP) is 5.97. The molecule has 0 amide bonds. The molecule has 134 valence electrons. The fraction of sp³-hybridized carbons (Fsp3) is 0.636. The molecule has 1 heterocycles. The summed E-state index contributed by atoms with van der Waals surface area (Å²) >= 11 is 0. The Morgan fingerprint density at radius 1 is 1.12 bits per heavy atom.